The first-order valence-electron chi connectivity index (χ1n) is 4.69. The summed E-state index contributed by atoms with van der Waals surface area (Å²) in [5.74, 6) is -0.416. The minimum Gasteiger partial charge on any atom is -0.374 e. The van der Waals surface area contributed by atoms with E-state index in [1.165, 1.54) is 0 Å². The Morgan fingerprint density at radius 3 is 2.08 bits per heavy atom. The average molecular weight is 185 g/mol. The normalized spacial score (nSPS) is 19.8. The molecular weight excluding hydrogens is 170 g/mol. The van der Waals surface area contributed by atoms with E-state index in [0.717, 1.165) is 12.8 Å². The van der Waals surface area contributed by atoms with Gasteiger partial charge in [-0.2, -0.15) is 0 Å². The summed E-state index contributed by atoms with van der Waals surface area (Å²) in [6.45, 7) is 3.96. The molecule has 1 saturated heterocycles. The number of alkyl carbamates (subject to hydrolysis) is 1. The summed E-state index contributed by atoms with van der Waals surface area (Å²) in [5, 5.41) is 2.61. The smallest absolute Gasteiger partial charge is 0.374 e. The van der Waals surface area contributed by atoms with Crippen LogP contribution in [0, 0.1) is 0 Å². The average Bonchev–Trinajstić information content (AvgIpc) is 2.28. The molecule has 0 aromatic heterocycles. The monoisotopic (exact) mass is 185 g/mol. The fourth-order valence-electron chi connectivity index (χ4n) is 1.76. The summed E-state index contributed by atoms with van der Waals surface area (Å²) in [5.41, 5.74) is -0.736. The molecule has 0 aromatic rings. The van der Waals surface area contributed by atoms with Crippen LogP contribution >= 0.6 is 0 Å². The van der Waals surface area contributed by atoms with Crippen LogP contribution in [0.4, 0.5) is 4.79 Å². The van der Waals surface area contributed by atoms with Crippen molar-refractivity contribution in [2.75, 3.05) is 0 Å². The summed E-state index contributed by atoms with van der Waals surface area (Å²) in [7, 11) is 0. The Hall–Kier alpha value is -1.06. The number of carbonyl (C=O) groups is 2. The third-order valence-electron chi connectivity index (χ3n) is 2.27. The van der Waals surface area contributed by atoms with Gasteiger partial charge in [-0.05, 0) is 12.8 Å². The maximum Gasteiger partial charge on any atom is 0.415 e. The molecule has 1 fully saturated rings. The van der Waals surface area contributed by atoms with Crippen molar-refractivity contribution in [3.63, 3.8) is 0 Å². The highest BCUT2D eigenvalue weighted by Gasteiger charge is 2.46. The fraction of sp³-hybridized carbons (Fsp3) is 0.778. The molecule has 4 nitrogen and oxygen atoms in total. The summed E-state index contributed by atoms with van der Waals surface area (Å²) in [6.07, 6.45) is 2.42. The van der Waals surface area contributed by atoms with Gasteiger partial charge in [0.25, 0.3) is 0 Å². The second-order valence-electron chi connectivity index (χ2n) is 3.38. The topological polar surface area (TPSA) is 55.4 Å². The summed E-state index contributed by atoms with van der Waals surface area (Å²) >= 11 is 0. The van der Waals surface area contributed by atoms with Crippen LogP contribution in [-0.2, 0) is 9.53 Å². The molecular formula is C9H15NO3. The number of esters is 1. The molecule has 1 N–H and O–H groups in total. The Balaban J connectivity index is 2.77. The number of nitrogens with one attached hydrogen (secondary N) is 1. The largest absolute Gasteiger partial charge is 0.415 e. The van der Waals surface area contributed by atoms with Gasteiger partial charge in [-0.15, -0.1) is 0 Å². The quantitative estimate of drug-likeness (QED) is 0.534. The van der Waals surface area contributed by atoms with Crippen molar-refractivity contribution in [2.45, 2.75) is 45.1 Å². The van der Waals surface area contributed by atoms with Crippen molar-refractivity contribution in [3.05, 3.63) is 0 Å². The Morgan fingerprint density at radius 2 is 1.77 bits per heavy atom. The van der Waals surface area contributed by atoms with Gasteiger partial charge < -0.3 is 10.1 Å². The second kappa shape index (κ2) is 3.77. The molecule has 0 aliphatic carbocycles. The van der Waals surface area contributed by atoms with Gasteiger partial charge in [-0.25, -0.2) is 9.59 Å². The molecule has 74 valence electrons. The SMILES string of the molecule is CCCC1(CCC)NC(=O)OC1=O. The molecule has 1 aliphatic heterocycles. The van der Waals surface area contributed by atoms with E-state index in [1.807, 2.05) is 13.8 Å². The highest BCUT2D eigenvalue weighted by atomic mass is 16.6. The molecule has 1 amide bonds. The summed E-state index contributed by atoms with van der Waals surface area (Å²) in [6, 6.07) is 0. The summed E-state index contributed by atoms with van der Waals surface area (Å²) in [4.78, 5) is 22.2. The standard InChI is InChI=1S/C9H15NO3/c1-3-5-9(6-4-2)7(11)13-8(12)10-9/h3-6H2,1-2H3,(H,10,12). The lowest BCUT2D eigenvalue weighted by molar-refractivity contribution is -0.139. The van der Waals surface area contributed by atoms with Gasteiger partial charge in [0.15, 0.2) is 0 Å². The highest BCUT2D eigenvalue weighted by Crippen LogP contribution is 2.25. The minimum absolute atomic E-state index is 0.416. The molecule has 0 aromatic carbocycles. The lowest BCUT2D eigenvalue weighted by Gasteiger charge is -2.22. The van der Waals surface area contributed by atoms with Crippen LogP contribution in [0.2, 0.25) is 0 Å². The van der Waals surface area contributed by atoms with Crippen LogP contribution in [-0.4, -0.2) is 17.6 Å². The molecule has 0 saturated carbocycles. The molecule has 1 heterocycles. The van der Waals surface area contributed by atoms with Crippen molar-refractivity contribution in [1.82, 2.24) is 5.32 Å². The molecule has 0 atom stereocenters. The van der Waals surface area contributed by atoms with Gasteiger partial charge in [-0.3, -0.25) is 0 Å². The van der Waals surface area contributed by atoms with Crippen molar-refractivity contribution >= 4 is 12.1 Å². The zero-order valence-electron chi connectivity index (χ0n) is 8.05. The maximum absolute atomic E-state index is 11.4. The number of carbonyl (C=O) groups excluding carboxylic acids is 2. The van der Waals surface area contributed by atoms with Crippen LogP contribution in [0.1, 0.15) is 39.5 Å². The Labute approximate surface area is 77.6 Å². The van der Waals surface area contributed by atoms with Crippen molar-refractivity contribution < 1.29 is 14.3 Å². The van der Waals surface area contributed by atoms with Crippen LogP contribution in [0.5, 0.6) is 0 Å². The van der Waals surface area contributed by atoms with E-state index in [1.54, 1.807) is 0 Å². The number of amides is 1. The van der Waals surface area contributed by atoms with Crippen molar-refractivity contribution in [3.8, 4) is 0 Å². The molecule has 0 bridgehead atoms. The number of rotatable bonds is 4. The highest BCUT2D eigenvalue weighted by molar-refractivity contribution is 5.98. The van der Waals surface area contributed by atoms with Crippen molar-refractivity contribution in [2.24, 2.45) is 0 Å². The van der Waals surface area contributed by atoms with Crippen molar-refractivity contribution in [1.29, 1.82) is 0 Å². The van der Waals surface area contributed by atoms with Crippen LogP contribution < -0.4 is 5.32 Å². The number of hydrogen-bond acceptors (Lipinski definition) is 3. The third kappa shape index (κ3) is 1.82. The second-order valence-corrected chi connectivity index (χ2v) is 3.38. The lowest BCUT2D eigenvalue weighted by Crippen LogP contribution is -2.46. The van der Waals surface area contributed by atoms with E-state index in [2.05, 4.69) is 10.1 Å². The van der Waals surface area contributed by atoms with Gasteiger partial charge in [-0.1, -0.05) is 26.7 Å². The Kier molecular flexibility index (Phi) is 2.90. The molecule has 1 rings (SSSR count). The predicted molar refractivity (Wildman–Crippen MR) is 47.2 cm³/mol. The third-order valence-corrected chi connectivity index (χ3v) is 2.27. The Bertz CT molecular complexity index is 219. The zero-order valence-corrected chi connectivity index (χ0v) is 8.05. The van der Waals surface area contributed by atoms with E-state index >= 15 is 0 Å². The van der Waals surface area contributed by atoms with Crippen LogP contribution in [0.25, 0.3) is 0 Å². The fourth-order valence-corrected chi connectivity index (χ4v) is 1.76. The van der Waals surface area contributed by atoms with E-state index in [9.17, 15) is 9.59 Å². The van der Waals surface area contributed by atoms with Crippen LogP contribution in [0.3, 0.4) is 0 Å². The maximum atomic E-state index is 11.4. The predicted octanol–water partition coefficient (Wildman–Crippen LogP) is 1.59. The Morgan fingerprint density at radius 1 is 1.23 bits per heavy atom. The van der Waals surface area contributed by atoms with Gasteiger partial charge in [0, 0.05) is 0 Å². The molecule has 0 unspecified atom stereocenters. The number of cyclic esters (lactones) is 2. The first-order valence-corrected chi connectivity index (χ1v) is 4.69. The first-order chi connectivity index (χ1) is 6.14. The molecule has 0 radical (unpaired) electrons. The number of hydrogen-bond donors (Lipinski definition) is 1. The van der Waals surface area contributed by atoms with Gasteiger partial charge >= 0.3 is 12.1 Å². The number of ether oxygens (including phenoxy) is 1. The molecule has 1 aliphatic rings. The molecule has 13 heavy (non-hydrogen) atoms. The molecule has 4 heteroatoms. The first kappa shape index (κ1) is 10.0. The van der Waals surface area contributed by atoms with Crippen LogP contribution in [0.15, 0.2) is 0 Å². The lowest BCUT2D eigenvalue weighted by atomic mass is 9.89. The van der Waals surface area contributed by atoms with Gasteiger partial charge in [0.2, 0.25) is 0 Å². The van der Waals surface area contributed by atoms with Gasteiger partial charge in [0.1, 0.15) is 5.54 Å². The molecule has 0 spiro atoms. The van der Waals surface area contributed by atoms with E-state index in [4.69, 9.17) is 0 Å². The van der Waals surface area contributed by atoms with Gasteiger partial charge in [0.05, 0.1) is 0 Å². The van der Waals surface area contributed by atoms with E-state index in [0.29, 0.717) is 12.8 Å². The van der Waals surface area contributed by atoms with E-state index < -0.39 is 17.6 Å². The minimum atomic E-state index is -0.736. The van der Waals surface area contributed by atoms with E-state index in [-0.39, 0.29) is 0 Å². The zero-order chi connectivity index (χ0) is 9.90. The summed E-state index contributed by atoms with van der Waals surface area (Å²) < 4.78 is 4.49.